The zero-order valence-electron chi connectivity index (χ0n) is 18.3. The van der Waals surface area contributed by atoms with Gasteiger partial charge >= 0.3 is 6.09 Å². The first-order chi connectivity index (χ1) is 14.8. The van der Waals surface area contributed by atoms with Crippen LogP contribution in [0.5, 0.6) is 0 Å². The van der Waals surface area contributed by atoms with Crippen molar-refractivity contribution in [1.29, 1.82) is 0 Å². The van der Waals surface area contributed by atoms with E-state index < -0.39 is 33.1 Å². The van der Waals surface area contributed by atoms with Gasteiger partial charge in [-0.25, -0.2) is 18.2 Å². The number of ether oxygens (including phenoxy) is 1. The molecule has 32 heavy (non-hydrogen) atoms. The van der Waals surface area contributed by atoms with Gasteiger partial charge in [-0.05, 0) is 58.0 Å². The van der Waals surface area contributed by atoms with Gasteiger partial charge in [-0.2, -0.15) is 0 Å². The molecule has 0 unspecified atom stereocenters. The Kier molecular flexibility index (Phi) is 6.35. The standard InChI is InChI=1S/C22H24ClN3O5S/c1-13(24-21(28)31-22(2,3)4)19-25-17-11-7-10-16(23)18(17)20(27)26(19)14-8-6-9-15(12-14)32(5,29)30/h6-13H,1-5H3,(H,24,28)/t13-/m0/s1. The lowest BCUT2D eigenvalue weighted by Crippen LogP contribution is -2.37. The summed E-state index contributed by atoms with van der Waals surface area (Å²) in [6.45, 7) is 6.86. The Balaban J connectivity index is 2.24. The Morgan fingerprint density at radius 2 is 1.84 bits per heavy atom. The van der Waals surface area contributed by atoms with Crippen molar-refractivity contribution in [3.05, 3.63) is 63.7 Å². The predicted molar refractivity (Wildman–Crippen MR) is 123 cm³/mol. The molecule has 0 fully saturated rings. The maximum absolute atomic E-state index is 13.5. The molecule has 0 saturated heterocycles. The highest BCUT2D eigenvalue weighted by atomic mass is 35.5. The van der Waals surface area contributed by atoms with Crippen LogP contribution in [0.2, 0.25) is 5.02 Å². The van der Waals surface area contributed by atoms with E-state index in [1.807, 2.05) is 0 Å². The quantitative estimate of drug-likeness (QED) is 0.607. The summed E-state index contributed by atoms with van der Waals surface area (Å²) < 4.78 is 30.7. The molecule has 3 aromatic rings. The molecule has 170 valence electrons. The maximum atomic E-state index is 13.5. The molecule has 1 amide bonds. The molecule has 0 saturated carbocycles. The number of rotatable bonds is 4. The van der Waals surface area contributed by atoms with E-state index in [2.05, 4.69) is 10.3 Å². The fourth-order valence-electron chi connectivity index (χ4n) is 3.15. The molecule has 0 spiro atoms. The van der Waals surface area contributed by atoms with Gasteiger partial charge in [0.2, 0.25) is 0 Å². The van der Waals surface area contributed by atoms with Crippen molar-refractivity contribution >= 4 is 38.4 Å². The van der Waals surface area contributed by atoms with Crippen molar-refractivity contribution in [3.8, 4) is 5.69 Å². The van der Waals surface area contributed by atoms with E-state index in [9.17, 15) is 18.0 Å². The monoisotopic (exact) mass is 477 g/mol. The normalized spacial score (nSPS) is 13.1. The molecule has 0 aliphatic heterocycles. The number of benzene rings is 2. The minimum atomic E-state index is -3.52. The second-order valence-electron chi connectivity index (χ2n) is 8.38. The summed E-state index contributed by atoms with van der Waals surface area (Å²) in [6, 6.07) is 10.1. The molecule has 1 N–H and O–H groups in total. The molecule has 0 aliphatic carbocycles. The zero-order valence-corrected chi connectivity index (χ0v) is 19.9. The van der Waals surface area contributed by atoms with E-state index in [0.29, 0.717) is 5.52 Å². The highest BCUT2D eigenvalue weighted by Crippen LogP contribution is 2.24. The first-order valence-electron chi connectivity index (χ1n) is 9.79. The van der Waals surface area contributed by atoms with Crippen LogP contribution in [0.15, 0.2) is 52.2 Å². The molecule has 10 heteroatoms. The predicted octanol–water partition coefficient (Wildman–Crippen LogP) is 4.03. The van der Waals surface area contributed by atoms with Crippen LogP contribution in [0.3, 0.4) is 0 Å². The molecular weight excluding hydrogens is 454 g/mol. The van der Waals surface area contributed by atoms with Crippen LogP contribution in [0.4, 0.5) is 4.79 Å². The van der Waals surface area contributed by atoms with Gasteiger partial charge in [-0.3, -0.25) is 9.36 Å². The van der Waals surface area contributed by atoms with Crippen molar-refractivity contribution in [1.82, 2.24) is 14.9 Å². The molecule has 8 nitrogen and oxygen atoms in total. The summed E-state index contributed by atoms with van der Waals surface area (Å²) >= 11 is 6.28. The van der Waals surface area contributed by atoms with E-state index in [0.717, 1.165) is 6.26 Å². The Morgan fingerprint density at radius 1 is 1.19 bits per heavy atom. The topological polar surface area (TPSA) is 107 Å². The third-order valence-corrected chi connectivity index (χ3v) is 5.92. The Hall–Kier alpha value is -2.91. The molecule has 3 rings (SSSR count). The van der Waals surface area contributed by atoms with Crippen molar-refractivity contribution < 1.29 is 17.9 Å². The van der Waals surface area contributed by atoms with E-state index >= 15 is 0 Å². The fourth-order valence-corrected chi connectivity index (χ4v) is 4.06. The number of carbonyl (C=O) groups is 1. The van der Waals surface area contributed by atoms with Crippen LogP contribution in [-0.2, 0) is 14.6 Å². The van der Waals surface area contributed by atoms with Crippen molar-refractivity contribution in [3.63, 3.8) is 0 Å². The third kappa shape index (κ3) is 5.11. The number of sulfone groups is 1. The van der Waals surface area contributed by atoms with E-state index in [1.54, 1.807) is 52.0 Å². The second kappa shape index (κ2) is 8.55. The first-order valence-corrected chi connectivity index (χ1v) is 12.1. The van der Waals surface area contributed by atoms with Crippen LogP contribution >= 0.6 is 11.6 Å². The first kappa shape index (κ1) is 23.7. The van der Waals surface area contributed by atoms with E-state index in [1.165, 1.54) is 22.8 Å². The van der Waals surface area contributed by atoms with Crippen molar-refractivity contribution in [2.24, 2.45) is 0 Å². The molecule has 2 aromatic carbocycles. The SMILES string of the molecule is C[C@H](NC(=O)OC(C)(C)C)c1nc2cccc(Cl)c2c(=O)n1-c1cccc(S(C)(=O)=O)c1. The average molecular weight is 478 g/mol. The molecule has 1 atom stereocenters. The van der Waals surface area contributed by atoms with Crippen LogP contribution < -0.4 is 10.9 Å². The smallest absolute Gasteiger partial charge is 0.408 e. The third-order valence-electron chi connectivity index (χ3n) is 4.50. The summed E-state index contributed by atoms with van der Waals surface area (Å²) in [7, 11) is -3.52. The molecule has 0 aliphatic rings. The maximum Gasteiger partial charge on any atom is 0.408 e. The zero-order chi connectivity index (χ0) is 23.8. The van der Waals surface area contributed by atoms with Gasteiger partial charge in [-0.15, -0.1) is 0 Å². The number of fused-ring (bicyclic) bond motifs is 1. The average Bonchev–Trinajstić information content (AvgIpc) is 2.65. The Morgan fingerprint density at radius 3 is 2.47 bits per heavy atom. The summed E-state index contributed by atoms with van der Waals surface area (Å²) in [5, 5.41) is 3.08. The summed E-state index contributed by atoms with van der Waals surface area (Å²) in [5.74, 6) is 0.196. The van der Waals surface area contributed by atoms with Gasteiger partial charge in [0.15, 0.2) is 9.84 Å². The second-order valence-corrected chi connectivity index (χ2v) is 10.8. The number of aromatic nitrogens is 2. The van der Waals surface area contributed by atoms with Gasteiger partial charge in [0.1, 0.15) is 11.4 Å². The van der Waals surface area contributed by atoms with E-state index in [4.69, 9.17) is 16.3 Å². The number of nitrogens with one attached hydrogen (secondary N) is 1. The molecular formula is C22H24ClN3O5S. The fraction of sp³-hybridized carbons (Fsp3) is 0.318. The number of hydrogen-bond acceptors (Lipinski definition) is 6. The van der Waals surface area contributed by atoms with E-state index in [-0.39, 0.29) is 26.8 Å². The molecule has 0 radical (unpaired) electrons. The van der Waals surface area contributed by atoms with Crippen LogP contribution in [-0.4, -0.2) is 35.9 Å². The van der Waals surface area contributed by atoms with Crippen LogP contribution in [0.1, 0.15) is 39.6 Å². The van der Waals surface area contributed by atoms with Crippen molar-refractivity contribution in [2.75, 3.05) is 6.26 Å². The minimum Gasteiger partial charge on any atom is -0.444 e. The van der Waals surface area contributed by atoms with Crippen molar-refractivity contribution in [2.45, 2.75) is 44.2 Å². The number of hydrogen-bond donors (Lipinski definition) is 1. The van der Waals surface area contributed by atoms with Crippen LogP contribution in [0.25, 0.3) is 16.6 Å². The lowest BCUT2D eigenvalue weighted by molar-refractivity contribution is 0.0505. The number of amides is 1. The van der Waals surface area contributed by atoms with Gasteiger partial charge in [0.25, 0.3) is 5.56 Å². The van der Waals surface area contributed by atoms with Gasteiger partial charge < -0.3 is 10.1 Å². The lowest BCUT2D eigenvalue weighted by Gasteiger charge is -2.23. The Bertz CT molecular complexity index is 1360. The molecule has 0 bridgehead atoms. The number of nitrogens with zero attached hydrogens (tertiary/aromatic N) is 2. The summed E-state index contributed by atoms with van der Waals surface area (Å²) in [5.41, 5.74) is -0.567. The summed E-state index contributed by atoms with van der Waals surface area (Å²) in [4.78, 5) is 30.4. The molecule has 1 heterocycles. The minimum absolute atomic E-state index is 0.0415. The molecule has 1 aromatic heterocycles. The highest BCUT2D eigenvalue weighted by Gasteiger charge is 2.24. The number of halogens is 1. The van der Waals surface area contributed by atoms with Gasteiger partial charge in [-0.1, -0.05) is 23.7 Å². The highest BCUT2D eigenvalue weighted by molar-refractivity contribution is 7.90. The Labute approximate surface area is 191 Å². The summed E-state index contributed by atoms with van der Waals surface area (Å²) in [6.07, 6.45) is 0.403. The number of alkyl carbamates (subject to hydrolysis) is 1. The van der Waals surface area contributed by atoms with Crippen LogP contribution in [0, 0.1) is 0 Å². The number of carbonyl (C=O) groups excluding carboxylic acids is 1. The van der Waals surface area contributed by atoms with Gasteiger partial charge in [0.05, 0.1) is 32.6 Å². The lowest BCUT2D eigenvalue weighted by atomic mass is 10.2. The van der Waals surface area contributed by atoms with Gasteiger partial charge in [0, 0.05) is 6.26 Å². The largest absolute Gasteiger partial charge is 0.444 e.